The van der Waals surface area contributed by atoms with E-state index in [1.807, 2.05) is 18.2 Å². The van der Waals surface area contributed by atoms with Gasteiger partial charge in [0.1, 0.15) is 5.65 Å². The Kier molecular flexibility index (Phi) is 3.01. The summed E-state index contributed by atoms with van der Waals surface area (Å²) in [4.78, 5) is 16.1. The first-order chi connectivity index (χ1) is 7.66. The highest BCUT2D eigenvalue weighted by Gasteiger charge is 2.01. The number of hydrogen-bond donors (Lipinski definition) is 1. The molecular weight excluding hydrogens is 202 g/mol. The molecule has 0 aromatic carbocycles. The number of pyridine rings is 1. The zero-order valence-electron chi connectivity index (χ0n) is 9.47. The van der Waals surface area contributed by atoms with Crippen LogP contribution in [0.1, 0.15) is 19.5 Å². The van der Waals surface area contributed by atoms with E-state index in [-0.39, 0.29) is 5.56 Å². The molecule has 2 aromatic heterocycles. The van der Waals surface area contributed by atoms with Crippen LogP contribution in [-0.4, -0.2) is 15.4 Å². The molecule has 0 radical (unpaired) electrons. The van der Waals surface area contributed by atoms with Crippen LogP contribution in [0.15, 0.2) is 35.3 Å². The highest BCUT2D eigenvalue weighted by Crippen LogP contribution is 1.98. The molecule has 0 fully saturated rings. The number of aromatic nitrogens is 2. The Morgan fingerprint density at radius 2 is 2.25 bits per heavy atom. The summed E-state index contributed by atoms with van der Waals surface area (Å²) in [5, 5.41) is 3.24. The van der Waals surface area contributed by atoms with Crippen LogP contribution in [0.4, 0.5) is 0 Å². The van der Waals surface area contributed by atoms with Crippen molar-refractivity contribution in [3.63, 3.8) is 0 Å². The largest absolute Gasteiger partial charge is 0.309 e. The Balaban J connectivity index is 2.38. The summed E-state index contributed by atoms with van der Waals surface area (Å²) in [7, 11) is 0. The summed E-state index contributed by atoms with van der Waals surface area (Å²) < 4.78 is 1.54. The predicted molar refractivity (Wildman–Crippen MR) is 63.4 cm³/mol. The molecule has 0 atom stereocenters. The van der Waals surface area contributed by atoms with E-state index in [9.17, 15) is 4.79 Å². The molecule has 84 valence electrons. The van der Waals surface area contributed by atoms with Crippen molar-refractivity contribution in [1.82, 2.24) is 14.7 Å². The fourth-order valence-electron chi connectivity index (χ4n) is 1.50. The lowest BCUT2D eigenvalue weighted by molar-refractivity contribution is 0.581. The van der Waals surface area contributed by atoms with Crippen molar-refractivity contribution in [1.29, 1.82) is 0 Å². The van der Waals surface area contributed by atoms with Crippen molar-refractivity contribution in [2.75, 3.05) is 0 Å². The smallest absolute Gasteiger partial charge is 0.258 e. The normalized spacial score (nSPS) is 11.2. The van der Waals surface area contributed by atoms with E-state index in [1.165, 1.54) is 0 Å². The third kappa shape index (κ3) is 2.28. The van der Waals surface area contributed by atoms with E-state index in [0.717, 1.165) is 5.69 Å². The third-order valence-electron chi connectivity index (χ3n) is 2.32. The van der Waals surface area contributed by atoms with Gasteiger partial charge >= 0.3 is 0 Å². The lowest BCUT2D eigenvalue weighted by atomic mass is 10.3. The molecule has 2 rings (SSSR count). The van der Waals surface area contributed by atoms with Crippen LogP contribution < -0.4 is 10.9 Å². The number of hydrogen-bond acceptors (Lipinski definition) is 3. The Morgan fingerprint density at radius 1 is 1.44 bits per heavy atom. The molecule has 0 saturated heterocycles. The molecule has 0 aliphatic heterocycles. The number of fused-ring (bicyclic) bond motifs is 1. The van der Waals surface area contributed by atoms with Crippen LogP contribution in [0.25, 0.3) is 5.65 Å². The second kappa shape index (κ2) is 4.45. The zero-order valence-corrected chi connectivity index (χ0v) is 9.47. The highest BCUT2D eigenvalue weighted by atomic mass is 16.1. The van der Waals surface area contributed by atoms with E-state index in [1.54, 1.807) is 16.7 Å². The van der Waals surface area contributed by atoms with Gasteiger partial charge in [0.05, 0.1) is 5.69 Å². The summed E-state index contributed by atoms with van der Waals surface area (Å²) >= 11 is 0. The van der Waals surface area contributed by atoms with Crippen LogP contribution in [0, 0.1) is 0 Å². The van der Waals surface area contributed by atoms with Gasteiger partial charge in [-0.15, -0.1) is 0 Å². The lowest BCUT2D eigenvalue weighted by Gasteiger charge is -2.08. The van der Waals surface area contributed by atoms with Gasteiger partial charge in [0.2, 0.25) is 0 Å². The number of nitrogens with zero attached hydrogens (tertiary/aromatic N) is 2. The summed E-state index contributed by atoms with van der Waals surface area (Å²) in [5.41, 5.74) is 1.44. The molecule has 2 aromatic rings. The van der Waals surface area contributed by atoms with Gasteiger partial charge in [-0.2, -0.15) is 0 Å². The van der Waals surface area contributed by atoms with Crippen LogP contribution in [-0.2, 0) is 6.54 Å². The Labute approximate surface area is 94.0 Å². The summed E-state index contributed by atoms with van der Waals surface area (Å²) in [6.07, 6.45) is 1.73. The minimum atomic E-state index is -0.0360. The van der Waals surface area contributed by atoms with E-state index in [0.29, 0.717) is 18.2 Å². The molecule has 0 spiro atoms. The topological polar surface area (TPSA) is 46.4 Å². The highest BCUT2D eigenvalue weighted by molar-refractivity contribution is 5.37. The average Bonchev–Trinajstić information content (AvgIpc) is 2.26. The van der Waals surface area contributed by atoms with Gasteiger partial charge in [0, 0.05) is 24.8 Å². The molecule has 0 saturated carbocycles. The fraction of sp³-hybridized carbons (Fsp3) is 0.333. The first-order valence-corrected chi connectivity index (χ1v) is 5.37. The lowest BCUT2D eigenvalue weighted by Crippen LogP contribution is -2.24. The monoisotopic (exact) mass is 217 g/mol. The maximum atomic E-state index is 11.7. The third-order valence-corrected chi connectivity index (χ3v) is 2.32. The van der Waals surface area contributed by atoms with Gasteiger partial charge < -0.3 is 5.32 Å². The van der Waals surface area contributed by atoms with Crippen molar-refractivity contribution in [3.8, 4) is 0 Å². The molecule has 16 heavy (non-hydrogen) atoms. The van der Waals surface area contributed by atoms with Gasteiger partial charge in [0.15, 0.2) is 0 Å². The van der Waals surface area contributed by atoms with E-state index >= 15 is 0 Å². The Hall–Kier alpha value is -1.68. The second-order valence-electron chi connectivity index (χ2n) is 4.05. The quantitative estimate of drug-likeness (QED) is 0.840. The van der Waals surface area contributed by atoms with Gasteiger partial charge in [-0.1, -0.05) is 19.9 Å². The van der Waals surface area contributed by atoms with E-state index in [4.69, 9.17) is 0 Å². The van der Waals surface area contributed by atoms with Crippen molar-refractivity contribution in [2.45, 2.75) is 26.4 Å². The van der Waals surface area contributed by atoms with Gasteiger partial charge in [-0.05, 0) is 12.1 Å². The minimum absolute atomic E-state index is 0.0360. The molecular formula is C12H15N3O. The van der Waals surface area contributed by atoms with Crippen LogP contribution >= 0.6 is 0 Å². The van der Waals surface area contributed by atoms with E-state index in [2.05, 4.69) is 24.1 Å². The first-order valence-electron chi connectivity index (χ1n) is 5.37. The fourth-order valence-corrected chi connectivity index (χ4v) is 1.50. The van der Waals surface area contributed by atoms with Crippen molar-refractivity contribution >= 4 is 5.65 Å². The predicted octanol–water partition coefficient (Wildman–Crippen LogP) is 1.19. The second-order valence-corrected chi connectivity index (χ2v) is 4.05. The van der Waals surface area contributed by atoms with Crippen molar-refractivity contribution < 1.29 is 0 Å². The van der Waals surface area contributed by atoms with Gasteiger partial charge in [0.25, 0.3) is 5.56 Å². The van der Waals surface area contributed by atoms with Gasteiger partial charge in [-0.25, -0.2) is 4.98 Å². The Bertz CT molecular complexity index is 545. The van der Waals surface area contributed by atoms with Crippen LogP contribution in [0.2, 0.25) is 0 Å². The maximum Gasteiger partial charge on any atom is 0.258 e. The van der Waals surface area contributed by atoms with Crippen molar-refractivity contribution in [3.05, 3.63) is 46.5 Å². The molecule has 4 heteroatoms. The standard InChI is InChI=1S/C12H15N3O/c1-9(2)13-8-10-7-12(16)15-6-4-3-5-11(15)14-10/h3-7,9,13H,8H2,1-2H3. The maximum absolute atomic E-state index is 11.7. The summed E-state index contributed by atoms with van der Waals surface area (Å²) in [6.45, 7) is 4.75. The first kappa shape index (κ1) is 10.8. The molecule has 0 amide bonds. The van der Waals surface area contributed by atoms with Crippen LogP contribution in [0.3, 0.4) is 0 Å². The molecule has 2 heterocycles. The van der Waals surface area contributed by atoms with Crippen LogP contribution in [0.5, 0.6) is 0 Å². The minimum Gasteiger partial charge on any atom is -0.309 e. The molecule has 0 unspecified atom stereocenters. The Morgan fingerprint density at radius 3 is 3.00 bits per heavy atom. The van der Waals surface area contributed by atoms with E-state index < -0.39 is 0 Å². The van der Waals surface area contributed by atoms with Crippen molar-refractivity contribution in [2.24, 2.45) is 0 Å². The summed E-state index contributed by atoms with van der Waals surface area (Å²) in [6, 6.07) is 7.49. The zero-order chi connectivity index (χ0) is 11.5. The molecule has 0 aliphatic carbocycles. The molecule has 1 N–H and O–H groups in total. The molecule has 0 bridgehead atoms. The molecule has 0 aliphatic rings. The average molecular weight is 217 g/mol. The number of nitrogens with one attached hydrogen (secondary N) is 1. The SMILES string of the molecule is CC(C)NCc1cc(=O)n2ccccc2n1. The number of rotatable bonds is 3. The summed E-state index contributed by atoms with van der Waals surface area (Å²) in [5.74, 6) is 0. The molecule has 4 nitrogen and oxygen atoms in total. The van der Waals surface area contributed by atoms with Gasteiger partial charge in [-0.3, -0.25) is 9.20 Å².